The third-order valence-electron chi connectivity index (χ3n) is 3.50. The van der Waals surface area contributed by atoms with Gasteiger partial charge in [0, 0.05) is 17.1 Å². The van der Waals surface area contributed by atoms with E-state index in [1.54, 1.807) is 30.4 Å². The molecule has 0 amide bonds. The highest BCUT2D eigenvalue weighted by Gasteiger charge is 2.19. The van der Waals surface area contributed by atoms with Crippen molar-refractivity contribution in [3.8, 4) is 0 Å². The lowest BCUT2D eigenvalue weighted by atomic mass is 10.1. The topological polar surface area (TPSA) is 72.5 Å². The van der Waals surface area contributed by atoms with E-state index in [0.717, 1.165) is 10.6 Å². The van der Waals surface area contributed by atoms with Gasteiger partial charge in [-0.1, -0.05) is 41.4 Å². The van der Waals surface area contributed by atoms with Gasteiger partial charge in [0.2, 0.25) is 0 Å². The summed E-state index contributed by atoms with van der Waals surface area (Å²) in [5, 5.41) is 13.2. The van der Waals surface area contributed by atoms with E-state index in [-0.39, 0.29) is 22.8 Å². The molecule has 1 heterocycles. The van der Waals surface area contributed by atoms with Crippen molar-refractivity contribution >= 4 is 39.1 Å². The highest BCUT2D eigenvalue weighted by Crippen LogP contribution is 2.37. The fraction of sp³-hybridized carbons (Fsp3) is 0.125. The summed E-state index contributed by atoms with van der Waals surface area (Å²) in [6, 6.07) is 9.53. The average Bonchev–Trinajstić information content (AvgIpc) is 2.46. The maximum atomic E-state index is 12.5. The molecule has 0 unspecified atom stereocenters. The number of hydroxylamine groups is 1. The first-order chi connectivity index (χ1) is 10.9. The van der Waals surface area contributed by atoms with Crippen molar-refractivity contribution in [2.45, 2.75) is 11.8 Å². The SMILES string of the molecule is Cc1ccc(S(=O)(=O)Nc2cc(Cl)cc3c2N([O-])CC=C3)cc1. The first-order valence-corrected chi connectivity index (χ1v) is 8.77. The molecule has 1 aliphatic heterocycles. The Morgan fingerprint density at radius 2 is 1.91 bits per heavy atom. The van der Waals surface area contributed by atoms with E-state index in [1.807, 2.05) is 6.92 Å². The number of rotatable bonds is 3. The number of benzene rings is 2. The largest absolute Gasteiger partial charge is 0.758 e. The summed E-state index contributed by atoms with van der Waals surface area (Å²) < 4.78 is 27.5. The predicted molar refractivity (Wildman–Crippen MR) is 93.2 cm³/mol. The van der Waals surface area contributed by atoms with Crippen molar-refractivity contribution in [3.63, 3.8) is 0 Å². The standard InChI is InChI=1S/C16H14ClN2O3S/c1-11-4-6-14(7-5-11)23(21,22)18-15-10-13(17)9-12-3-2-8-19(20)16(12)15/h2-7,9-10,18H,8H2,1H3/q-1. The van der Waals surface area contributed by atoms with E-state index in [9.17, 15) is 13.6 Å². The van der Waals surface area contributed by atoms with Crippen molar-refractivity contribution in [1.29, 1.82) is 0 Å². The van der Waals surface area contributed by atoms with Gasteiger partial charge in [0.15, 0.2) is 0 Å². The molecule has 1 aliphatic rings. The molecule has 3 rings (SSSR count). The molecule has 0 radical (unpaired) electrons. The molecule has 0 atom stereocenters. The first-order valence-electron chi connectivity index (χ1n) is 6.91. The van der Waals surface area contributed by atoms with Crippen LogP contribution in [-0.4, -0.2) is 15.0 Å². The molecule has 0 saturated carbocycles. The number of hydrogen-bond donors (Lipinski definition) is 1. The molecule has 0 aliphatic carbocycles. The van der Waals surface area contributed by atoms with Gasteiger partial charge in [-0.2, -0.15) is 0 Å². The third-order valence-corrected chi connectivity index (χ3v) is 5.10. The summed E-state index contributed by atoms with van der Waals surface area (Å²) in [5.74, 6) is 0. The Morgan fingerprint density at radius 3 is 2.61 bits per heavy atom. The molecule has 7 heteroatoms. The molecule has 0 aromatic heterocycles. The Hall–Kier alpha value is -2.02. The van der Waals surface area contributed by atoms with Crippen molar-refractivity contribution < 1.29 is 8.42 Å². The molecule has 0 fully saturated rings. The number of anilines is 2. The highest BCUT2D eigenvalue weighted by atomic mass is 35.5. The first kappa shape index (κ1) is 15.9. The van der Waals surface area contributed by atoms with Crippen LogP contribution in [0.3, 0.4) is 0 Å². The molecule has 0 bridgehead atoms. The van der Waals surface area contributed by atoms with E-state index in [2.05, 4.69) is 4.72 Å². The molecular weight excluding hydrogens is 336 g/mol. The molecule has 0 spiro atoms. The Morgan fingerprint density at radius 1 is 1.22 bits per heavy atom. The van der Waals surface area contributed by atoms with Crippen LogP contribution in [0.15, 0.2) is 47.4 Å². The minimum atomic E-state index is -3.80. The van der Waals surface area contributed by atoms with E-state index in [1.165, 1.54) is 18.2 Å². The monoisotopic (exact) mass is 349 g/mol. The predicted octanol–water partition coefficient (Wildman–Crippen LogP) is 3.78. The minimum absolute atomic E-state index is 0.126. The van der Waals surface area contributed by atoms with Crippen LogP contribution < -0.4 is 9.79 Å². The van der Waals surface area contributed by atoms with Crippen LogP contribution in [0.25, 0.3) is 6.08 Å². The number of nitrogens with one attached hydrogen (secondary N) is 1. The lowest BCUT2D eigenvalue weighted by Gasteiger charge is -2.35. The summed E-state index contributed by atoms with van der Waals surface area (Å²) >= 11 is 6.04. The van der Waals surface area contributed by atoms with E-state index >= 15 is 0 Å². The van der Waals surface area contributed by atoms with Crippen LogP contribution >= 0.6 is 11.6 Å². The van der Waals surface area contributed by atoms with Gasteiger partial charge in [-0.25, -0.2) is 8.42 Å². The van der Waals surface area contributed by atoms with Gasteiger partial charge in [-0.3, -0.25) is 4.72 Å². The number of nitrogens with zero attached hydrogens (tertiary/aromatic N) is 1. The van der Waals surface area contributed by atoms with Gasteiger partial charge < -0.3 is 10.3 Å². The number of sulfonamides is 1. The van der Waals surface area contributed by atoms with Crippen LogP contribution in [0.5, 0.6) is 0 Å². The Bertz CT molecular complexity index is 877. The molecule has 120 valence electrons. The van der Waals surface area contributed by atoms with Crippen LogP contribution in [0.2, 0.25) is 5.02 Å². The van der Waals surface area contributed by atoms with Crippen LogP contribution in [-0.2, 0) is 10.0 Å². The Balaban J connectivity index is 2.05. The quantitative estimate of drug-likeness (QED) is 0.915. The van der Waals surface area contributed by atoms with Gasteiger partial charge in [0.1, 0.15) is 0 Å². The fourth-order valence-corrected chi connectivity index (χ4v) is 3.68. The number of halogens is 1. The molecule has 2 aromatic rings. The van der Waals surface area contributed by atoms with Gasteiger partial charge in [-0.05, 0) is 31.2 Å². The summed E-state index contributed by atoms with van der Waals surface area (Å²) in [5.41, 5.74) is 1.99. The zero-order valence-corrected chi connectivity index (χ0v) is 13.9. The van der Waals surface area contributed by atoms with Crippen LogP contribution in [0.1, 0.15) is 11.1 Å². The smallest absolute Gasteiger partial charge is 0.261 e. The average molecular weight is 350 g/mol. The molecule has 2 aromatic carbocycles. The molecular formula is C16H14ClN2O3S-. The summed E-state index contributed by atoms with van der Waals surface area (Å²) in [6.45, 7) is 2.03. The number of fused-ring (bicyclic) bond motifs is 1. The van der Waals surface area contributed by atoms with E-state index in [4.69, 9.17) is 11.6 Å². The maximum absolute atomic E-state index is 12.5. The van der Waals surface area contributed by atoms with Crippen molar-refractivity contribution in [2.24, 2.45) is 0 Å². The van der Waals surface area contributed by atoms with Gasteiger partial charge in [0.25, 0.3) is 10.0 Å². The van der Waals surface area contributed by atoms with E-state index < -0.39 is 10.0 Å². The minimum Gasteiger partial charge on any atom is -0.758 e. The van der Waals surface area contributed by atoms with Crippen LogP contribution in [0, 0.1) is 12.1 Å². The second-order valence-corrected chi connectivity index (χ2v) is 7.39. The molecule has 0 saturated heterocycles. The second-order valence-electron chi connectivity index (χ2n) is 5.27. The summed E-state index contributed by atoms with van der Waals surface area (Å²) in [4.78, 5) is 0.126. The zero-order chi connectivity index (χ0) is 16.6. The van der Waals surface area contributed by atoms with Gasteiger partial charge in [0.05, 0.1) is 16.3 Å². The summed E-state index contributed by atoms with van der Waals surface area (Å²) in [6.07, 6.45) is 3.45. The van der Waals surface area contributed by atoms with Crippen molar-refractivity contribution in [3.05, 3.63) is 63.8 Å². The Kier molecular flexibility index (Phi) is 4.06. The molecule has 23 heavy (non-hydrogen) atoms. The lowest BCUT2D eigenvalue weighted by Crippen LogP contribution is -2.22. The van der Waals surface area contributed by atoms with Crippen molar-refractivity contribution in [1.82, 2.24) is 0 Å². The third kappa shape index (κ3) is 3.19. The van der Waals surface area contributed by atoms with Gasteiger partial charge in [-0.15, -0.1) is 0 Å². The second kappa shape index (κ2) is 5.88. The Labute approximate surface area is 139 Å². The lowest BCUT2D eigenvalue weighted by molar-refractivity contribution is 0.601. The van der Waals surface area contributed by atoms with Gasteiger partial charge >= 0.3 is 0 Å². The number of hydrogen-bond acceptors (Lipinski definition) is 4. The zero-order valence-electron chi connectivity index (χ0n) is 12.3. The van der Waals surface area contributed by atoms with E-state index in [0.29, 0.717) is 10.6 Å². The maximum Gasteiger partial charge on any atom is 0.261 e. The van der Waals surface area contributed by atoms with Crippen molar-refractivity contribution in [2.75, 3.05) is 16.3 Å². The highest BCUT2D eigenvalue weighted by molar-refractivity contribution is 7.92. The van der Waals surface area contributed by atoms with Crippen LogP contribution in [0.4, 0.5) is 11.4 Å². The fourth-order valence-electron chi connectivity index (χ4n) is 2.39. The number of aryl methyl sites for hydroxylation is 1. The summed E-state index contributed by atoms with van der Waals surface area (Å²) in [7, 11) is -3.80. The molecule has 5 nitrogen and oxygen atoms in total. The normalized spacial score (nSPS) is 13.8. The molecule has 1 N–H and O–H groups in total.